The second-order valence-corrected chi connectivity index (χ2v) is 7.42. The monoisotopic (exact) mass is 376 g/mol. The number of halogens is 1. The number of hydrogen-bond acceptors (Lipinski definition) is 6. The Morgan fingerprint density at radius 2 is 2.10 bits per heavy atom. The Bertz CT molecular complexity index is 744. The highest BCUT2D eigenvalue weighted by Crippen LogP contribution is 2.23. The van der Waals surface area contributed by atoms with E-state index in [1.165, 1.54) is 6.92 Å². The highest BCUT2D eigenvalue weighted by atomic mass is 79.9. The van der Waals surface area contributed by atoms with E-state index in [-0.39, 0.29) is 15.4 Å². The van der Waals surface area contributed by atoms with Gasteiger partial charge < -0.3 is 5.32 Å². The van der Waals surface area contributed by atoms with Crippen molar-refractivity contribution in [2.24, 2.45) is 0 Å². The fraction of sp³-hybridized carbons (Fsp3) is 0.100. The molecule has 0 spiro atoms. The minimum absolute atomic E-state index is 0.132. The molecule has 0 saturated carbocycles. The molecule has 20 heavy (non-hydrogen) atoms. The fourth-order valence-corrected chi connectivity index (χ4v) is 3.67. The summed E-state index contributed by atoms with van der Waals surface area (Å²) in [4.78, 5) is 10.9. The first-order valence-electron chi connectivity index (χ1n) is 5.26. The summed E-state index contributed by atoms with van der Waals surface area (Å²) in [5.41, 5.74) is 0.399. The molecule has 1 aromatic heterocycles. The van der Waals surface area contributed by atoms with E-state index in [2.05, 4.69) is 36.2 Å². The zero-order chi connectivity index (χ0) is 14.8. The normalized spacial score (nSPS) is 11.1. The van der Waals surface area contributed by atoms with Gasteiger partial charge in [-0.2, -0.15) is 8.42 Å². The van der Waals surface area contributed by atoms with Crippen LogP contribution >= 0.6 is 27.3 Å². The maximum Gasteiger partial charge on any atom is 0.291 e. The van der Waals surface area contributed by atoms with Gasteiger partial charge in [0.15, 0.2) is 0 Å². The predicted molar refractivity (Wildman–Crippen MR) is 79.2 cm³/mol. The summed E-state index contributed by atoms with van der Waals surface area (Å²) in [6.07, 6.45) is 0. The van der Waals surface area contributed by atoms with Gasteiger partial charge in [0.1, 0.15) is 0 Å². The molecule has 0 saturated heterocycles. The molecule has 1 aromatic carbocycles. The summed E-state index contributed by atoms with van der Waals surface area (Å²) in [6, 6.07) is 6.70. The summed E-state index contributed by atoms with van der Waals surface area (Å²) in [5, 5.41) is 9.65. The molecule has 1 heterocycles. The Morgan fingerprint density at radius 1 is 1.35 bits per heavy atom. The second-order valence-electron chi connectivity index (χ2n) is 3.67. The molecule has 0 radical (unpaired) electrons. The molecule has 7 nitrogen and oxygen atoms in total. The van der Waals surface area contributed by atoms with E-state index in [4.69, 9.17) is 0 Å². The van der Waals surface area contributed by atoms with Crippen molar-refractivity contribution in [1.82, 2.24) is 10.2 Å². The number of sulfonamides is 1. The molecule has 10 heteroatoms. The van der Waals surface area contributed by atoms with E-state index in [1.54, 1.807) is 24.3 Å². The van der Waals surface area contributed by atoms with Crippen LogP contribution in [0.1, 0.15) is 6.92 Å². The molecule has 0 unspecified atom stereocenters. The molecule has 2 aromatic rings. The van der Waals surface area contributed by atoms with Crippen molar-refractivity contribution in [3.63, 3.8) is 0 Å². The van der Waals surface area contributed by atoms with Gasteiger partial charge in [-0.15, -0.1) is 10.2 Å². The van der Waals surface area contributed by atoms with Crippen LogP contribution in [0.25, 0.3) is 0 Å². The number of aromatic nitrogens is 2. The molecule has 0 fully saturated rings. The van der Waals surface area contributed by atoms with Crippen molar-refractivity contribution in [3.8, 4) is 0 Å². The van der Waals surface area contributed by atoms with Crippen LogP contribution in [-0.2, 0) is 14.8 Å². The number of benzene rings is 1. The van der Waals surface area contributed by atoms with Crippen LogP contribution in [0.15, 0.2) is 33.1 Å². The van der Waals surface area contributed by atoms with Crippen molar-refractivity contribution in [3.05, 3.63) is 28.7 Å². The fourth-order valence-electron chi connectivity index (χ4n) is 1.27. The Hall–Kier alpha value is -1.52. The summed E-state index contributed by atoms with van der Waals surface area (Å²) in [6.45, 7) is 1.30. The van der Waals surface area contributed by atoms with Crippen molar-refractivity contribution >= 4 is 54.0 Å². The lowest BCUT2D eigenvalue weighted by atomic mass is 10.3. The first-order chi connectivity index (χ1) is 9.37. The van der Waals surface area contributed by atoms with E-state index in [9.17, 15) is 13.2 Å². The highest BCUT2D eigenvalue weighted by molar-refractivity contribution is 9.10. The van der Waals surface area contributed by atoms with Crippen molar-refractivity contribution in [1.29, 1.82) is 0 Å². The van der Waals surface area contributed by atoms with Crippen LogP contribution in [0.5, 0.6) is 0 Å². The molecular weight excluding hydrogens is 368 g/mol. The minimum Gasteiger partial charge on any atom is -0.301 e. The molecule has 2 rings (SSSR count). The lowest BCUT2D eigenvalue weighted by Gasteiger charge is -2.04. The maximum absolute atomic E-state index is 12.1. The van der Waals surface area contributed by atoms with Gasteiger partial charge in [0.2, 0.25) is 11.0 Å². The van der Waals surface area contributed by atoms with Gasteiger partial charge in [-0.05, 0) is 18.2 Å². The first kappa shape index (κ1) is 14.9. The number of carbonyl (C=O) groups excluding carboxylic acids is 1. The number of anilines is 2. The first-order valence-corrected chi connectivity index (χ1v) is 8.35. The topological polar surface area (TPSA) is 101 Å². The van der Waals surface area contributed by atoms with Crippen molar-refractivity contribution in [2.75, 3.05) is 10.0 Å². The standard InChI is InChI=1S/C10H9BrN4O3S2/c1-6(16)12-9-13-14-10(19-9)20(17,18)15-8-4-2-3-7(11)5-8/h2-5,15H,1H3,(H,12,13,16). The Morgan fingerprint density at radius 3 is 2.75 bits per heavy atom. The average Bonchev–Trinajstić information content (AvgIpc) is 2.76. The molecule has 106 valence electrons. The van der Waals surface area contributed by atoms with Gasteiger partial charge in [-0.3, -0.25) is 9.52 Å². The number of nitrogens with zero attached hydrogens (tertiary/aromatic N) is 2. The molecule has 0 atom stereocenters. The van der Waals surface area contributed by atoms with Crippen LogP contribution < -0.4 is 10.0 Å². The highest BCUT2D eigenvalue weighted by Gasteiger charge is 2.20. The Kier molecular flexibility index (Phi) is 4.35. The van der Waals surface area contributed by atoms with Crippen LogP contribution in [0.2, 0.25) is 0 Å². The second kappa shape index (κ2) is 5.85. The Balaban J connectivity index is 2.22. The summed E-state index contributed by atoms with van der Waals surface area (Å²) < 4.78 is 27.1. The Labute approximate surface area is 127 Å². The molecule has 0 aliphatic heterocycles. The SMILES string of the molecule is CC(=O)Nc1nnc(S(=O)(=O)Nc2cccc(Br)c2)s1. The smallest absolute Gasteiger partial charge is 0.291 e. The quantitative estimate of drug-likeness (QED) is 0.795. The van der Waals surface area contributed by atoms with Crippen LogP contribution in [0, 0.1) is 0 Å². The molecule has 0 aliphatic carbocycles. The number of carbonyl (C=O) groups is 1. The number of amides is 1. The van der Waals surface area contributed by atoms with E-state index < -0.39 is 10.0 Å². The maximum atomic E-state index is 12.1. The van der Waals surface area contributed by atoms with Crippen molar-refractivity contribution in [2.45, 2.75) is 11.3 Å². The predicted octanol–water partition coefficient (Wildman–Crippen LogP) is 2.06. The van der Waals surface area contributed by atoms with Gasteiger partial charge in [-0.1, -0.05) is 33.3 Å². The number of rotatable bonds is 4. The van der Waals surface area contributed by atoms with Gasteiger partial charge in [0, 0.05) is 11.4 Å². The van der Waals surface area contributed by atoms with Crippen LogP contribution in [-0.4, -0.2) is 24.5 Å². The molecular formula is C10H9BrN4O3S2. The average molecular weight is 377 g/mol. The lowest BCUT2D eigenvalue weighted by molar-refractivity contribution is -0.114. The van der Waals surface area contributed by atoms with Gasteiger partial charge in [0.05, 0.1) is 5.69 Å². The van der Waals surface area contributed by atoms with Gasteiger partial charge in [0.25, 0.3) is 14.4 Å². The van der Waals surface area contributed by atoms with Crippen molar-refractivity contribution < 1.29 is 13.2 Å². The molecule has 1 amide bonds. The summed E-state index contributed by atoms with van der Waals surface area (Å²) in [7, 11) is -3.82. The minimum atomic E-state index is -3.82. The summed E-state index contributed by atoms with van der Waals surface area (Å²) in [5.74, 6) is -0.343. The van der Waals surface area contributed by atoms with Gasteiger partial charge >= 0.3 is 0 Å². The third kappa shape index (κ3) is 3.74. The third-order valence-corrected chi connectivity index (χ3v) is 5.08. The molecule has 2 N–H and O–H groups in total. The lowest BCUT2D eigenvalue weighted by Crippen LogP contribution is -2.12. The van der Waals surface area contributed by atoms with Crippen LogP contribution in [0.4, 0.5) is 10.8 Å². The number of nitrogens with one attached hydrogen (secondary N) is 2. The largest absolute Gasteiger partial charge is 0.301 e. The summed E-state index contributed by atoms with van der Waals surface area (Å²) >= 11 is 4.02. The molecule has 0 bridgehead atoms. The zero-order valence-corrected chi connectivity index (χ0v) is 13.3. The molecule has 0 aliphatic rings. The zero-order valence-electron chi connectivity index (χ0n) is 10.1. The van der Waals surface area contributed by atoms with Crippen LogP contribution in [0.3, 0.4) is 0 Å². The van der Waals surface area contributed by atoms with E-state index >= 15 is 0 Å². The van der Waals surface area contributed by atoms with E-state index in [1.807, 2.05) is 0 Å². The van der Waals surface area contributed by atoms with E-state index in [0.29, 0.717) is 5.69 Å². The van der Waals surface area contributed by atoms with Gasteiger partial charge in [-0.25, -0.2) is 0 Å². The number of hydrogen-bond donors (Lipinski definition) is 2. The van der Waals surface area contributed by atoms with E-state index in [0.717, 1.165) is 15.8 Å². The third-order valence-electron chi connectivity index (χ3n) is 2.00.